The number of guanidine groups is 1. The molecule has 0 saturated heterocycles. The Bertz CT molecular complexity index is 183. The molecular formula is C12H29IN4. The number of hydrogen-bond donors (Lipinski definition) is 2. The molecule has 0 spiro atoms. The van der Waals surface area contributed by atoms with E-state index in [1.165, 1.54) is 38.6 Å². The van der Waals surface area contributed by atoms with Crippen molar-refractivity contribution in [1.82, 2.24) is 15.5 Å². The molecule has 4 nitrogen and oxygen atoms in total. The summed E-state index contributed by atoms with van der Waals surface area (Å²) < 4.78 is 0. The molecule has 0 radical (unpaired) electrons. The van der Waals surface area contributed by atoms with Crippen molar-refractivity contribution < 1.29 is 0 Å². The van der Waals surface area contributed by atoms with Gasteiger partial charge in [0.1, 0.15) is 0 Å². The highest BCUT2D eigenvalue weighted by atomic mass is 127. The molecule has 17 heavy (non-hydrogen) atoms. The molecule has 0 aliphatic carbocycles. The molecule has 0 aliphatic heterocycles. The molecule has 0 bridgehead atoms. The topological polar surface area (TPSA) is 39.7 Å². The summed E-state index contributed by atoms with van der Waals surface area (Å²) in [6, 6.07) is 0. The molecule has 0 aromatic rings. The Labute approximate surface area is 124 Å². The lowest BCUT2D eigenvalue weighted by atomic mass is 10.1. The van der Waals surface area contributed by atoms with Crippen LogP contribution in [0, 0.1) is 0 Å². The molecule has 0 atom stereocenters. The maximum absolute atomic E-state index is 4.06. The second-order valence-corrected chi connectivity index (χ2v) is 4.32. The van der Waals surface area contributed by atoms with E-state index in [0.717, 1.165) is 12.5 Å². The van der Waals surface area contributed by atoms with Crippen LogP contribution in [-0.2, 0) is 0 Å². The fraction of sp³-hybridized carbons (Fsp3) is 0.917. The maximum Gasteiger partial charge on any atom is 0.190 e. The van der Waals surface area contributed by atoms with Crippen molar-refractivity contribution in [3.63, 3.8) is 0 Å². The first-order chi connectivity index (χ1) is 7.70. The van der Waals surface area contributed by atoms with Gasteiger partial charge >= 0.3 is 0 Å². The number of rotatable bonds is 8. The van der Waals surface area contributed by atoms with Gasteiger partial charge in [-0.1, -0.05) is 19.3 Å². The van der Waals surface area contributed by atoms with Gasteiger partial charge in [-0.15, -0.1) is 24.0 Å². The maximum atomic E-state index is 4.06. The summed E-state index contributed by atoms with van der Waals surface area (Å²) in [4.78, 5) is 6.31. The van der Waals surface area contributed by atoms with Gasteiger partial charge in [-0.2, -0.15) is 0 Å². The molecule has 0 rings (SSSR count). The van der Waals surface area contributed by atoms with Crippen LogP contribution in [0.25, 0.3) is 0 Å². The van der Waals surface area contributed by atoms with Crippen molar-refractivity contribution in [3.8, 4) is 0 Å². The normalized spacial score (nSPS) is 11.2. The zero-order valence-electron chi connectivity index (χ0n) is 11.8. The molecule has 0 aromatic carbocycles. The zero-order valence-corrected chi connectivity index (χ0v) is 14.1. The van der Waals surface area contributed by atoms with Gasteiger partial charge in [-0.05, 0) is 33.5 Å². The van der Waals surface area contributed by atoms with Gasteiger partial charge in [-0.25, -0.2) is 0 Å². The van der Waals surface area contributed by atoms with Crippen molar-refractivity contribution in [2.75, 3.05) is 41.3 Å². The molecule has 0 fully saturated rings. The summed E-state index contributed by atoms with van der Waals surface area (Å²) in [5.41, 5.74) is 0. The van der Waals surface area contributed by atoms with Gasteiger partial charge in [0, 0.05) is 20.6 Å². The van der Waals surface area contributed by atoms with Crippen LogP contribution in [0.5, 0.6) is 0 Å². The van der Waals surface area contributed by atoms with Crippen LogP contribution in [0.1, 0.15) is 32.1 Å². The molecule has 0 saturated carbocycles. The van der Waals surface area contributed by atoms with Gasteiger partial charge in [-0.3, -0.25) is 4.99 Å². The van der Waals surface area contributed by atoms with Crippen LogP contribution < -0.4 is 10.6 Å². The second-order valence-electron chi connectivity index (χ2n) is 4.32. The smallest absolute Gasteiger partial charge is 0.190 e. The Kier molecular flexibility index (Phi) is 15.9. The SMILES string of the molecule is CN=C(NC)NCCCCCCCN(C)C.I. The second kappa shape index (κ2) is 14.0. The van der Waals surface area contributed by atoms with Crippen LogP contribution in [0.15, 0.2) is 4.99 Å². The Morgan fingerprint density at radius 1 is 1.06 bits per heavy atom. The van der Waals surface area contributed by atoms with Gasteiger partial charge in [0.05, 0.1) is 0 Å². The van der Waals surface area contributed by atoms with Crippen molar-refractivity contribution in [2.24, 2.45) is 4.99 Å². The fourth-order valence-electron chi connectivity index (χ4n) is 1.57. The van der Waals surface area contributed by atoms with Crippen molar-refractivity contribution in [3.05, 3.63) is 0 Å². The lowest BCUT2D eigenvalue weighted by Crippen LogP contribution is -2.35. The summed E-state index contributed by atoms with van der Waals surface area (Å²) in [5.74, 6) is 0.882. The van der Waals surface area contributed by atoms with E-state index in [1.54, 1.807) is 7.05 Å². The number of unbranched alkanes of at least 4 members (excludes halogenated alkanes) is 4. The van der Waals surface area contributed by atoms with Gasteiger partial charge in [0.2, 0.25) is 0 Å². The fourth-order valence-corrected chi connectivity index (χ4v) is 1.57. The Morgan fingerprint density at radius 2 is 1.65 bits per heavy atom. The van der Waals surface area contributed by atoms with Crippen molar-refractivity contribution in [2.45, 2.75) is 32.1 Å². The van der Waals surface area contributed by atoms with Gasteiger partial charge in [0.25, 0.3) is 0 Å². The van der Waals surface area contributed by atoms with Crippen LogP contribution in [0.3, 0.4) is 0 Å². The van der Waals surface area contributed by atoms with Crippen LogP contribution >= 0.6 is 24.0 Å². The highest BCUT2D eigenvalue weighted by molar-refractivity contribution is 14.0. The first-order valence-corrected chi connectivity index (χ1v) is 6.24. The third-order valence-electron chi connectivity index (χ3n) is 2.53. The molecule has 5 heteroatoms. The Morgan fingerprint density at radius 3 is 2.18 bits per heavy atom. The van der Waals surface area contributed by atoms with E-state index < -0.39 is 0 Å². The first kappa shape index (κ1) is 19.3. The van der Waals surface area contributed by atoms with Crippen molar-refractivity contribution >= 4 is 29.9 Å². The summed E-state index contributed by atoms with van der Waals surface area (Å²) in [6.07, 6.45) is 6.54. The van der Waals surface area contributed by atoms with E-state index in [1.807, 2.05) is 7.05 Å². The van der Waals surface area contributed by atoms with E-state index in [2.05, 4.69) is 34.6 Å². The number of halogens is 1. The number of nitrogens with one attached hydrogen (secondary N) is 2. The van der Waals surface area contributed by atoms with Gasteiger partial charge in [0.15, 0.2) is 5.96 Å². The van der Waals surface area contributed by atoms with Crippen LogP contribution in [-0.4, -0.2) is 52.1 Å². The predicted octanol–water partition coefficient (Wildman–Crippen LogP) is 1.91. The summed E-state index contributed by atoms with van der Waals surface area (Å²) >= 11 is 0. The van der Waals surface area contributed by atoms with E-state index >= 15 is 0 Å². The minimum Gasteiger partial charge on any atom is -0.359 e. The largest absolute Gasteiger partial charge is 0.359 e. The minimum absolute atomic E-state index is 0. The van der Waals surface area contributed by atoms with E-state index in [4.69, 9.17) is 0 Å². The summed E-state index contributed by atoms with van der Waals surface area (Å²) in [7, 11) is 7.94. The molecule has 104 valence electrons. The van der Waals surface area contributed by atoms with Crippen molar-refractivity contribution in [1.29, 1.82) is 0 Å². The van der Waals surface area contributed by atoms with Crippen LogP contribution in [0.4, 0.5) is 0 Å². The number of aliphatic imine (C=N–C) groups is 1. The Hall–Kier alpha value is -0.0400. The molecule has 0 unspecified atom stereocenters. The summed E-state index contributed by atoms with van der Waals surface area (Å²) in [5, 5.41) is 6.27. The standard InChI is InChI=1S/C12H28N4.HI/c1-13-12(14-2)15-10-8-6-5-7-9-11-16(3)4;/h5-11H2,1-4H3,(H2,13,14,15);1H. The first-order valence-electron chi connectivity index (χ1n) is 6.24. The molecule has 0 aromatic heterocycles. The summed E-state index contributed by atoms with van der Waals surface area (Å²) in [6.45, 7) is 2.23. The van der Waals surface area contributed by atoms with Gasteiger partial charge < -0.3 is 15.5 Å². The van der Waals surface area contributed by atoms with E-state index in [0.29, 0.717) is 0 Å². The average Bonchev–Trinajstić information content (AvgIpc) is 2.27. The molecular weight excluding hydrogens is 327 g/mol. The zero-order chi connectivity index (χ0) is 12.2. The molecule has 2 N–H and O–H groups in total. The number of nitrogens with zero attached hydrogens (tertiary/aromatic N) is 2. The van der Waals surface area contributed by atoms with E-state index in [9.17, 15) is 0 Å². The minimum atomic E-state index is 0. The quantitative estimate of drug-likeness (QED) is 0.302. The molecule has 0 amide bonds. The molecule has 0 aliphatic rings. The third kappa shape index (κ3) is 13.9. The Balaban J connectivity index is 0. The van der Waals surface area contributed by atoms with E-state index in [-0.39, 0.29) is 24.0 Å². The molecule has 0 heterocycles. The highest BCUT2D eigenvalue weighted by Gasteiger charge is 1.94. The monoisotopic (exact) mass is 356 g/mol. The lowest BCUT2D eigenvalue weighted by Gasteiger charge is -2.09. The van der Waals surface area contributed by atoms with Crippen LogP contribution in [0.2, 0.25) is 0 Å². The predicted molar refractivity (Wildman–Crippen MR) is 87.5 cm³/mol. The highest BCUT2D eigenvalue weighted by Crippen LogP contribution is 2.02. The third-order valence-corrected chi connectivity index (χ3v) is 2.53. The average molecular weight is 356 g/mol. The lowest BCUT2D eigenvalue weighted by molar-refractivity contribution is 0.389. The number of hydrogen-bond acceptors (Lipinski definition) is 2.